The molecule has 42 heavy (non-hydrogen) atoms. The third kappa shape index (κ3) is 10.2. The lowest BCUT2D eigenvalue weighted by Crippen LogP contribution is -2.21. The minimum Gasteiger partial charge on any atom is -0.475 e. The average molecular weight is 629 g/mol. The van der Waals surface area contributed by atoms with Gasteiger partial charge < -0.3 is 25.3 Å². The number of nitrogens with zero attached hydrogens (tertiary/aromatic N) is 4. The van der Waals surface area contributed by atoms with Crippen molar-refractivity contribution in [2.24, 2.45) is 0 Å². The number of carboxylic acids is 2. The highest BCUT2D eigenvalue weighted by atomic mass is 32.2. The third-order valence-corrected chi connectivity index (χ3v) is 6.31. The predicted molar refractivity (Wildman–Crippen MR) is 142 cm³/mol. The summed E-state index contributed by atoms with van der Waals surface area (Å²) in [5.41, 5.74) is 3.29. The number of fused-ring (bicyclic) bond motifs is 1. The maximum absolute atomic E-state index is 12.2. The summed E-state index contributed by atoms with van der Waals surface area (Å²) in [6.45, 7) is 0. The van der Waals surface area contributed by atoms with Crippen LogP contribution in [0, 0.1) is 0 Å². The fourth-order valence-electron chi connectivity index (χ4n) is 2.84. The molecule has 0 aliphatic carbocycles. The summed E-state index contributed by atoms with van der Waals surface area (Å²) in [4.78, 5) is 30.6. The van der Waals surface area contributed by atoms with E-state index in [1.165, 1.54) is 13.4 Å². The van der Waals surface area contributed by atoms with Crippen molar-refractivity contribution in [2.45, 2.75) is 17.2 Å². The highest BCUT2D eigenvalue weighted by Crippen LogP contribution is 2.33. The molecule has 0 radical (unpaired) electrons. The normalized spacial score (nSPS) is 11.4. The van der Waals surface area contributed by atoms with Crippen molar-refractivity contribution in [2.75, 3.05) is 50.4 Å². The molecule has 0 saturated heterocycles. The van der Waals surface area contributed by atoms with Gasteiger partial charge in [0.1, 0.15) is 12.1 Å². The molecule has 1 aromatic heterocycles. The summed E-state index contributed by atoms with van der Waals surface area (Å²) in [7, 11) is 5.56. The summed E-state index contributed by atoms with van der Waals surface area (Å²) >= 11 is 0. The second-order valence-electron chi connectivity index (χ2n) is 8.33. The lowest BCUT2D eigenvalue weighted by molar-refractivity contribution is -0.193. The van der Waals surface area contributed by atoms with Gasteiger partial charge in [0, 0.05) is 39.3 Å². The van der Waals surface area contributed by atoms with Crippen molar-refractivity contribution >= 4 is 55.7 Å². The molecular weight excluding hydrogens is 602 g/mol. The highest BCUT2D eigenvalue weighted by Gasteiger charge is 2.38. The van der Waals surface area contributed by atoms with Crippen LogP contribution in [0.1, 0.15) is 0 Å². The summed E-state index contributed by atoms with van der Waals surface area (Å²) in [6.07, 6.45) is -8.68. The van der Waals surface area contributed by atoms with Gasteiger partial charge >= 0.3 is 24.3 Å². The maximum Gasteiger partial charge on any atom is 0.490 e. The number of nitrogens with one attached hydrogen (secondary N) is 2. The number of rotatable bonds is 6. The zero-order chi connectivity index (χ0) is 32.6. The van der Waals surface area contributed by atoms with Gasteiger partial charge in [0.2, 0.25) is 10.0 Å². The number of alkyl halides is 6. The van der Waals surface area contributed by atoms with Crippen LogP contribution in [0.4, 0.5) is 49.2 Å². The first-order valence-electron chi connectivity index (χ1n) is 11.2. The molecule has 4 N–H and O–H groups in total. The summed E-state index contributed by atoms with van der Waals surface area (Å²) in [6, 6.07) is 10.9. The topological polar surface area (TPSA) is 165 Å². The number of benzene rings is 2. The molecule has 0 unspecified atom stereocenters. The number of carboxylic acid groups (broad SMARTS) is 2. The molecule has 0 atom stereocenters. The van der Waals surface area contributed by atoms with Crippen LogP contribution >= 0.6 is 0 Å². The van der Waals surface area contributed by atoms with Gasteiger partial charge in [0.15, 0.2) is 0 Å². The monoisotopic (exact) mass is 628 g/mol. The Balaban J connectivity index is 0.000000522. The molecule has 0 saturated carbocycles. The van der Waals surface area contributed by atoms with Crippen LogP contribution in [-0.4, -0.2) is 88.1 Å². The van der Waals surface area contributed by atoms with Crippen LogP contribution in [0.5, 0.6) is 0 Å². The number of sulfonamides is 1. The molecule has 232 valence electrons. The Kier molecular flexibility index (Phi) is 11.9. The Bertz CT molecular complexity index is 1490. The van der Waals surface area contributed by atoms with Crippen LogP contribution in [-0.2, 0) is 19.6 Å². The van der Waals surface area contributed by atoms with Gasteiger partial charge in [-0.05, 0) is 43.4 Å². The second-order valence-corrected chi connectivity index (χ2v) is 10.2. The fourth-order valence-corrected chi connectivity index (χ4v) is 3.60. The Labute approximate surface area is 235 Å². The minimum atomic E-state index is -5.08. The zero-order valence-electron chi connectivity index (χ0n) is 22.5. The first kappa shape index (κ1) is 35.6. The molecule has 0 aliphatic rings. The van der Waals surface area contributed by atoms with E-state index in [-0.39, 0.29) is 4.90 Å². The van der Waals surface area contributed by atoms with Crippen molar-refractivity contribution in [1.29, 1.82) is 0 Å². The van der Waals surface area contributed by atoms with Crippen LogP contribution in [0.15, 0.2) is 47.6 Å². The Morgan fingerprint density at radius 2 is 1.36 bits per heavy atom. The van der Waals surface area contributed by atoms with E-state index in [1.807, 2.05) is 56.2 Å². The van der Waals surface area contributed by atoms with E-state index in [0.29, 0.717) is 11.5 Å². The molecule has 1 heterocycles. The van der Waals surface area contributed by atoms with Crippen molar-refractivity contribution in [3.05, 3.63) is 42.7 Å². The molecule has 12 nitrogen and oxygen atoms in total. The molecule has 0 fully saturated rings. The Morgan fingerprint density at radius 1 is 0.833 bits per heavy atom. The molecular formula is C23H26F6N6O6S. The van der Waals surface area contributed by atoms with Gasteiger partial charge in [-0.25, -0.2) is 32.7 Å². The van der Waals surface area contributed by atoms with Crippen LogP contribution in [0.25, 0.3) is 10.9 Å². The van der Waals surface area contributed by atoms with Gasteiger partial charge in [-0.15, -0.1) is 0 Å². The minimum absolute atomic E-state index is 0.176. The van der Waals surface area contributed by atoms with Crippen LogP contribution < -0.4 is 19.8 Å². The SMILES string of the molecule is CNS(=O)(=O)c1ccc(N(C)C)c(Nc2ncnc3ccc(N(C)C)cc23)c1.O=C(O)C(F)(F)F.O=C(O)C(F)(F)F. The summed E-state index contributed by atoms with van der Waals surface area (Å²) < 4.78 is 90.3. The first-order valence-corrected chi connectivity index (χ1v) is 12.6. The molecule has 3 rings (SSSR count). The number of hydrogen-bond donors (Lipinski definition) is 4. The lowest BCUT2D eigenvalue weighted by Gasteiger charge is -2.20. The Hall–Kier alpha value is -4.39. The fraction of sp³-hybridized carbons (Fsp3) is 0.304. The number of aromatic nitrogens is 2. The van der Waals surface area contributed by atoms with Crippen molar-refractivity contribution in [1.82, 2.24) is 14.7 Å². The van der Waals surface area contributed by atoms with Gasteiger partial charge in [-0.1, -0.05) is 0 Å². The van der Waals surface area contributed by atoms with Crippen molar-refractivity contribution in [3.63, 3.8) is 0 Å². The molecule has 0 amide bonds. The Morgan fingerprint density at radius 3 is 1.79 bits per heavy atom. The quantitative estimate of drug-likeness (QED) is 0.294. The van der Waals surface area contributed by atoms with Crippen LogP contribution in [0.2, 0.25) is 0 Å². The van der Waals surface area contributed by atoms with E-state index in [2.05, 4.69) is 20.0 Å². The number of carbonyl (C=O) groups is 2. The van der Waals surface area contributed by atoms with Crippen molar-refractivity contribution < 1.29 is 54.6 Å². The van der Waals surface area contributed by atoms with Gasteiger partial charge in [0.25, 0.3) is 0 Å². The number of halogens is 6. The molecule has 0 aliphatic heterocycles. The smallest absolute Gasteiger partial charge is 0.475 e. The van der Waals surface area contributed by atoms with E-state index in [9.17, 15) is 34.8 Å². The first-order chi connectivity index (χ1) is 19.1. The summed E-state index contributed by atoms with van der Waals surface area (Å²) in [5, 5.41) is 18.4. The number of hydrogen-bond acceptors (Lipinski definition) is 9. The zero-order valence-corrected chi connectivity index (χ0v) is 23.4. The molecule has 3 aromatic rings. The van der Waals surface area contributed by atoms with E-state index in [0.717, 1.165) is 22.3 Å². The van der Waals surface area contributed by atoms with E-state index in [4.69, 9.17) is 19.8 Å². The van der Waals surface area contributed by atoms with Crippen molar-refractivity contribution in [3.8, 4) is 0 Å². The van der Waals surface area contributed by atoms with E-state index < -0.39 is 34.3 Å². The third-order valence-electron chi connectivity index (χ3n) is 4.90. The average Bonchev–Trinajstić information content (AvgIpc) is 2.88. The lowest BCUT2D eigenvalue weighted by atomic mass is 10.2. The second kappa shape index (κ2) is 14.0. The van der Waals surface area contributed by atoms with Gasteiger partial charge in [0.05, 0.1) is 21.8 Å². The predicted octanol–water partition coefficient (Wildman–Crippen LogP) is 3.68. The molecule has 2 aromatic carbocycles. The van der Waals surface area contributed by atoms with E-state index in [1.54, 1.807) is 18.2 Å². The largest absolute Gasteiger partial charge is 0.490 e. The number of anilines is 4. The van der Waals surface area contributed by atoms with Crippen LogP contribution in [0.3, 0.4) is 0 Å². The molecule has 19 heteroatoms. The van der Waals surface area contributed by atoms with E-state index >= 15 is 0 Å². The van der Waals surface area contributed by atoms with Gasteiger partial charge in [-0.2, -0.15) is 26.3 Å². The maximum atomic E-state index is 12.2. The highest BCUT2D eigenvalue weighted by molar-refractivity contribution is 7.89. The number of aliphatic carboxylic acids is 2. The summed E-state index contributed by atoms with van der Waals surface area (Å²) in [5.74, 6) is -4.91. The standard InChI is InChI=1S/C19H24N6O2S.2C2HF3O2/c1-20-28(26,27)14-7-9-18(25(4)5)17(11-14)23-19-15-10-13(24(2)3)6-8-16(15)21-12-22-19;2*3-2(4,5)1(6)7/h6-12,20H,1-5H3,(H,21,22,23);2*(H,6,7). The molecule has 0 bridgehead atoms. The van der Waals surface area contributed by atoms with Gasteiger partial charge in [-0.3, -0.25) is 0 Å². The molecule has 0 spiro atoms.